The van der Waals surface area contributed by atoms with E-state index in [1.807, 2.05) is 5.38 Å². The van der Waals surface area contributed by atoms with E-state index in [9.17, 15) is 14.4 Å². The molecule has 1 aromatic carbocycles. The van der Waals surface area contributed by atoms with Crippen LogP contribution in [0.3, 0.4) is 0 Å². The zero-order valence-corrected chi connectivity index (χ0v) is 18.7. The van der Waals surface area contributed by atoms with Gasteiger partial charge >= 0.3 is 6.03 Å². The summed E-state index contributed by atoms with van der Waals surface area (Å²) >= 11 is 1.46. The van der Waals surface area contributed by atoms with Crippen LogP contribution in [-0.4, -0.2) is 53.3 Å². The first-order valence-electron chi connectivity index (χ1n) is 10.7. The van der Waals surface area contributed by atoms with Gasteiger partial charge in [-0.25, -0.2) is 14.2 Å². The Morgan fingerprint density at radius 1 is 1.32 bits per heavy atom. The van der Waals surface area contributed by atoms with E-state index in [4.69, 9.17) is 9.26 Å². The van der Waals surface area contributed by atoms with Crippen LogP contribution in [0.25, 0.3) is 11.0 Å². The Morgan fingerprint density at radius 3 is 2.85 bits per heavy atom. The maximum Gasteiger partial charge on any atom is 0.328 e. The fourth-order valence-electron chi connectivity index (χ4n) is 5.29. The summed E-state index contributed by atoms with van der Waals surface area (Å²) in [6.45, 7) is 2.64. The molecule has 0 unspecified atom stereocenters. The highest BCUT2D eigenvalue weighted by Gasteiger charge is 2.62. The molecule has 34 heavy (non-hydrogen) atoms. The number of anilines is 2. The van der Waals surface area contributed by atoms with E-state index < -0.39 is 41.2 Å². The quantitative estimate of drug-likeness (QED) is 0.471. The van der Waals surface area contributed by atoms with Crippen LogP contribution in [0, 0.1) is 11.2 Å². The fraction of sp³-hybridized carbons (Fsp3) is 0.381. The van der Waals surface area contributed by atoms with Crippen molar-refractivity contribution in [2.75, 3.05) is 23.4 Å². The number of carbonyl (C=O) groups excluding carboxylic acids is 3. The van der Waals surface area contributed by atoms with Crippen LogP contribution in [0.15, 0.2) is 22.2 Å². The summed E-state index contributed by atoms with van der Waals surface area (Å²) in [5, 5.41) is 14.6. The summed E-state index contributed by atoms with van der Waals surface area (Å²) in [5.74, 6) is -1.76. The Bertz CT molecular complexity index is 1320. The van der Waals surface area contributed by atoms with Gasteiger partial charge in [-0.1, -0.05) is 5.16 Å². The molecule has 3 aliphatic heterocycles. The summed E-state index contributed by atoms with van der Waals surface area (Å²) in [5.41, 5.74) is -1.01. The minimum absolute atomic E-state index is 0.0260. The molecule has 5 heterocycles. The smallest absolute Gasteiger partial charge is 0.328 e. The molecule has 176 valence electrons. The Morgan fingerprint density at radius 2 is 2.12 bits per heavy atom. The highest BCUT2D eigenvalue weighted by atomic mass is 32.1. The van der Waals surface area contributed by atoms with Gasteiger partial charge in [-0.15, -0.1) is 11.3 Å². The van der Waals surface area contributed by atoms with Gasteiger partial charge in [0.25, 0.3) is 0 Å². The van der Waals surface area contributed by atoms with Gasteiger partial charge in [0.2, 0.25) is 17.4 Å². The second-order valence-electron chi connectivity index (χ2n) is 8.49. The lowest BCUT2D eigenvalue weighted by Crippen LogP contribution is -2.74. The van der Waals surface area contributed by atoms with Gasteiger partial charge in [-0.2, -0.15) is 0 Å². The molecule has 13 heteroatoms. The number of halogens is 1. The number of benzene rings is 1. The molecule has 4 amide bonds. The molecule has 11 nitrogen and oxygen atoms in total. The fourth-order valence-corrected chi connectivity index (χ4v) is 5.84. The van der Waals surface area contributed by atoms with Gasteiger partial charge in [-0.3, -0.25) is 20.2 Å². The van der Waals surface area contributed by atoms with Crippen molar-refractivity contribution in [1.82, 2.24) is 20.8 Å². The van der Waals surface area contributed by atoms with Crippen LogP contribution in [0.4, 0.5) is 20.7 Å². The molecule has 0 bridgehead atoms. The average Bonchev–Trinajstić information content (AvgIpc) is 3.46. The number of amides is 4. The van der Waals surface area contributed by atoms with E-state index in [1.165, 1.54) is 11.3 Å². The van der Waals surface area contributed by atoms with Crippen LogP contribution in [0.1, 0.15) is 17.5 Å². The Hall–Kier alpha value is -3.58. The third kappa shape index (κ3) is 2.86. The van der Waals surface area contributed by atoms with Crippen LogP contribution in [0.5, 0.6) is 0 Å². The van der Waals surface area contributed by atoms with Gasteiger partial charge in [-0.05, 0) is 18.6 Å². The minimum Gasteiger partial charge on any atom is -0.374 e. The Balaban J connectivity index is 1.49. The number of ether oxygens (including phenoxy) is 1. The van der Waals surface area contributed by atoms with E-state index in [2.05, 4.69) is 26.1 Å². The molecule has 0 aliphatic carbocycles. The van der Waals surface area contributed by atoms with Crippen LogP contribution in [-0.2, 0) is 27.3 Å². The summed E-state index contributed by atoms with van der Waals surface area (Å²) in [4.78, 5) is 44.1. The lowest BCUT2D eigenvalue weighted by molar-refractivity contribution is -0.151. The molecular weight excluding hydrogens is 467 g/mol. The average molecular weight is 486 g/mol. The van der Waals surface area contributed by atoms with Crippen molar-refractivity contribution in [3.8, 4) is 0 Å². The number of barbiturate groups is 1. The third-order valence-corrected chi connectivity index (χ3v) is 7.45. The molecule has 2 aromatic heterocycles. The predicted molar refractivity (Wildman–Crippen MR) is 118 cm³/mol. The second-order valence-corrected chi connectivity index (χ2v) is 9.46. The SMILES string of the molecule is C[C@@H]1OCCN2c3c(cc4c(NCc5nccs5)noc4c3F)CC3(C(=O)NC(=O)NC3=O)[C@@H]12. The molecule has 3 aromatic rings. The number of carbonyl (C=O) groups is 3. The number of aromatic nitrogens is 2. The van der Waals surface area contributed by atoms with Gasteiger partial charge in [0.15, 0.2) is 17.1 Å². The maximum atomic E-state index is 15.9. The lowest BCUT2D eigenvalue weighted by atomic mass is 9.66. The molecule has 2 saturated heterocycles. The predicted octanol–water partition coefficient (Wildman–Crippen LogP) is 1.54. The van der Waals surface area contributed by atoms with E-state index in [0.717, 1.165) is 5.01 Å². The van der Waals surface area contributed by atoms with Crippen molar-refractivity contribution in [2.45, 2.75) is 32.0 Å². The zero-order valence-electron chi connectivity index (χ0n) is 17.9. The number of morpholine rings is 1. The molecule has 0 radical (unpaired) electrons. The largest absolute Gasteiger partial charge is 0.374 e. The molecular formula is C21H19FN6O5S. The second kappa shape index (κ2) is 7.46. The Labute approximate surface area is 195 Å². The number of nitrogens with one attached hydrogen (secondary N) is 3. The molecule has 2 atom stereocenters. The molecule has 1 spiro atoms. The van der Waals surface area contributed by atoms with E-state index in [-0.39, 0.29) is 30.8 Å². The minimum atomic E-state index is -1.67. The first-order valence-corrected chi connectivity index (χ1v) is 11.6. The van der Waals surface area contributed by atoms with Crippen LogP contribution < -0.4 is 20.9 Å². The topological polar surface area (TPSA) is 139 Å². The normalized spacial score (nSPS) is 23.5. The summed E-state index contributed by atoms with van der Waals surface area (Å²) in [6, 6.07) is -0.0142. The molecule has 6 rings (SSSR count). The Kier molecular flexibility index (Phi) is 4.61. The number of urea groups is 1. The van der Waals surface area contributed by atoms with E-state index in [1.54, 1.807) is 24.1 Å². The number of fused-ring (bicyclic) bond motifs is 5. The molecule has 3 aliphatic rings. The standard InChI is InChI=1S/C21H19FN6O5S/c1-9-16-21(18(29)25-20(31)26-19(21)30)7-10-6-11-15(13(22)14(10)28(16)3-4-32-9)33-27-17(11)24-8-12-23-2-5-34-12/h2,5-6,9,16H,3-4,7-8H2,1H3,(H,24,27)(H2,25,26,29,30,31)/t9-,16+/m0/s1. The van der Waals surface area contributed by atoms with Gasteiger partial charge in [0.1, 0.15) is 5.01 Å². The van der Waals surface area contributed by atoms with Gasteiger partial charge in [0.05, 0.1) is 36.4 Å². The molecule has 0 saturated carbocycles. The van der Waals surface area contributed by atoms with Crippen molar-refractivity contribution >= 4 is 51.7 Å². The maximum absolute atomic E-state index is 15.9. The molecule has 2 fully saturated rings. The lowest BCUT2D eigenvalue weighted by Gasteiger charge is -2.54. The first kappa shape index (κ1) is 21.0. The number of rotatable bonds is 3. The van der Waals surface area contributed by atoms with Crippen molar-refractivity contribution < 1.29 is 28.0 Å². The molecule has 3 N–H and O–H groups in total. The number of nitrogens with zero attached hydrogens (tertiary/aromatic N) is 3. The van der Waals surface area contributed by atoms with Crippen LogP contribution >= 0.6 is 11.3 Å². The zero-order chi connectivity index (χ0) is 23.6. The third-order valence-electron chi connectivity index (χ3n) is 6.67. The van der Waals surface area contributed by atoms with Crippen molar-refractivity contribution in [3.05, 3.63) is 34.0 Å². The summed E-state index contributed by atoms with van der Waals surface area (Å²) in [6.07, 6.45) is 0.988. The highest BCUT2D eigenvalue weighted by Crippen LogP contribution is 2.48. The number of imide groups is 2. The monoisotopic (exact) mass is 486 g/mol. The van der Waals surface area contributed by atoms with E-state index in [0.29, 0.717) is 23.3 Å². The van der Waals surface area contributed by atoms with Gasteiger partial charge in [0, 0.05) is 24.5 Å². The van der Waals surface area contributed by atoms with Crippen molar-refractivity contribution in [3.63, 3.8) is 0 Å². The number of hydrogen-bond acceptors (Lipinski definition) is 10. The highest BCUT2D eigenvalue weighted by molar-refractivity contribution is 7.09. The van der Waals surface area contributed by atoms with Gasteiger partial charge < -0.3 is 19.5 Å². The summed E-state index contributed by atoms with van der Waals surface area (Å²) < 4.78 is 27.0. The van der Waals surface area contributed by atoms with Crippen molar-refractivity contribution in [2.24, 2.45) is 5.41 Å². The first-order chi connectivity index (χ1) is 16.4. The summed E-state index contributed by atoms with van der Waals surface area (Å²) in [7, 11) is 0. The number of hydrogen-bond donors (Lipinski definition) is 3. The van der Waals surface area contributed by atoms with Crippen LogP contribution in [0.2, 0.25) is 0 Å². The van der Waals surface area contributed by atoms with Crippen molar-refractivity contribution in [1.29, 1.82) is 0 Å². The van der Waals surface area contributed by atoms with E-state index >= 15 is 4.39 Å². The number of thiazole rings is 1.